The van der Waals surface area contributed by atoms with Crippen LogP contribution in [0.5, 0.6) is 5.75 Å². The summed E-state index contributed by atoms with van der Waals surface area (Å²) < 4.78 is 11.3. The lowest BCUT2D eigenvalue weighted by atomic mass is 10.0. The lowest BCUT2D eigenvalue weighted by molar-refractivity contribution is 0.0425. The molecule has 0 bridgehead atoms. The Morgan fingerprint density at radius 1 is 1.12 bits per heavy atom. The monoisotopic (exact) mass is 369 g/mol. The zero-order chi connectivity index (χ0) is 17.7. The van der Waals surface area contributed by atoms with Crippen molar-refractivity contribution < 1.29 is 14.3 Å². The van der Waals surface area contributed by atoms with Crippen LogP contribution in [0.1, 0.15) is 55.1 Å². The summed E-state index contributed by atoms with van der Waals surface area (Å²) >= 11 is 0. The van der Waals surface area contributed by atoms with Gasteiger partial charge in [0, 0.05) is 12.5 Å². The van der Waals surface area contributed by atoms with Crippen LogP contribution in [0, 0.1) is 19.8 Å². The Morgan fingerprint density at radius 2 is 1.68 bits per heavy atom. The van der Waals surface area contributed by atoms with E-state index >= 15 is 0 Å². The standard InChI is InChI=1S/C20H31NO3.ClH/c1-14(2)24-18-10-16(4)19(17(5)11-18)20(22)23-13-15(3)12-21-8-6-7-9-21;/h10-11,14-15H,6-9,12-13H2,1-5H3;1H. The SMILES string of the molecule is Cc1cc(OC(C)C)cc(C)c1C(=O)OCC(C)CN1CCCC1.Cl. The van der Waals surface area contributed by atoms with Crippen LogP contribution in [0.15, 0.2) is 12.1 Å². The average Bonchev–Trinajstić information content (AvgIpc) is 2.96. The topological polar surface area (TPSA) is 38.8 Å². The number of ether oxygens (including phenoxy) is 2. The van der Waals surface area contributed by atoms with Crippen molar-refractivity contribution in [2.24, 2.45) is 5.92 Å². The van der Waals surface area contributed by atoms with Crippen LogP contribution in [-0.4, -0.2) is 43.2 Å². The van der Waals surface area contributed by atoms with Crippen LogP contribution in [0.25, 0.3) is 0 Å². The van der Waals surface area contributed by atoms with Crippen LogP contribution >= 0.6 is 12.4 Å². The molecule has 0 N–H and O–H groups in total. The van der Waals surface area contributed by atoms with E-state index < -0.39 is 0 Å². The molecular formula is C20H32ClNO3. The minimum atomic E-state index is -0.227. The number of halogens is 1. The highest BCUT2D eigenvalue weighted by Gasteiger charge is 2.19. The number of hydrogen-bond donors (Lipinski definition) is 0. The molecule has 1 saturated heterocycles. The summed E-state index contributed by atoms with van der Waals surface area (Å²) in [5.41, 5.74) is 2.48. The normalized spacial score (nSPS) is 15.8. The van der Waals surface area contributed by atoms with E-state index in [1.54, 1.807) is 0 Å². The van der Waals surface area contributed by atoms with Crippen molar-refractivity contribution in [3.05, 3.63) is 28.8 Å². The number of hydrogen-bond acceptors (Lipinski definition) is 4. The first-order chi connectivity index (χ1) is 11.4. The highest BCUT2D eigenvalue weighted by Crippen LogP contribution is 2.24. The van der Waals surface area contributed by atoms with E-state index in [1.165, 1.54) is 25.9 Å². The molecule has 1 aromatic rings. The fourth-order valence-corrected chi connectivity index (χ4v) is 3.33. The first kappa shape index (κ1) is 21.8. The molecule has 1 aromatic carbocycles. The van der Waals surface area contributed by atoms with Crippen LogP contribution in [0.3, 0.4) is 0 Å². The molecule has 0 amide bonds. The molecular weight excluding hydrogens is 338 g/mol. The highest BCUT2D eigenvalue weighted by molar-refractivity contribution is 5.93. The second kappa shape index (κ2) is 10.0. The minimum Gasteiger partial charge on any atom is -0.491 e. The number of aryl methyl sites for hydroxylation is 2. The fraction of sp³-hybridized carbons (Fsp3) is 0.650. The molecule has 1 fully saturated rings. The summed E-state index contributed by atoms with van der Waals surface area (Å²) in [5.74, 6) is 0.935. The molecule has 142 valence electrons. The van der Waals surface area contributed by atoms with Crippen molar-refractivity contribution in [2.75, 3.05) is 26.2 Å². The summed E-state index contributed by atoms with van der Waals surface area (Å²) in [7, 11) is 0. The predicted molar refractivity (Wildman–Crippen MR) is 104 cm³/mol. The van der Waals surface area contributed by atoms with E-state index in [0.717, 1.165) is 23.4 Å². The van der Waals surface area contributed by atoms with Gasteiger partial charge in [-0.15, -0.1) is 12.4 Å². The average molecular weight is 370 g/mol. The summed E-state index contributed by atoms with van der Waals surface area (Å²) in [6.45, 7) is 13.8. The van der Waals surface area contributed by atoms with Crippen molar-refractivity contribution in [2.45, 2.75) is 53.6 Å². The summed E-state index contributed by atoms with van der Waals surface area (Å²) in [4.78, 5) is 14.9. The largest absolute Gasteiger partial charge is 0.491 e. The van der Waals surface area contributed by atoms with Gasteiger partial charge in [0.05, 0.1) is 18.3 Å². The van der Waals surface area contributed by atoms with E-state index in [2.05, 4.69) is 11.8 Å². The third-order valence-electron chi connectivity index (χ3n) is 4.35. The number of rotatable bonds is 7. The summed E-state index contributed by atoms with van der Waals surface area (Å²) in [6, 6.07) is 3.83. The van der Waals surface area contributed by atoms with Crippen molar-refractivity contribution in [3.63, 3.8) is 0 Å². The van der Waals surface area contributed by atoms with Gasteiger partial charge in [-0.2, -0.15) is 0 Å². The van der Waals surface area contributed by atoms with Gasteiger partial charge >= 0.3 is 5.97 Å². The quantitative estimate of drug-likeness (QED) is 0.667. The zero-order valence-corrected chi connectivity index (χ0v) is 16.9. The maximum Gasteiger partial charge on any atom is 0.338 e. The van der Waals surface area contributed by atoms with Crippen molar-refractivity contribution >= 4 is 18.4 Å². The van der Waals surface area contributed by atoms with Crippen LogP contribution in [-0.2, 0) is 4.74 Å². The van der Waals surface area contributed by atoms with Gasteiger partial charge in [-0.25, -0.2) is 4.79 Å². The van der Waals surface area contributed by atoms with Gasteiger partial charge in [0.15, 0.2) is 0 Å². The van der Waals surface area contributed by atoms with Gasteiger partial charge in [-0.3, -0.25) is 0 Å². The molecule has 1 atom stereocenters. The lowest BCUT2D eigenvalue weighted by Crippen LogP contribution is -2.28. The lowest BCUT2D eigenvalue weighted by Gasteiger charge is -2.20. The minimum absolute atomic E-state index is 0. The third-order valence-corrected chi connectivity index (χ3v) is 4.35. The number of carbonyl (C=O) groups is 1. The number of esters is 1. The Kier molecular flexibility index (Phi) is 8.74. The maximum atomic E-state index is 12.5. The first-order valence-electron chi connectivity index (χ1n) is 9.04. The van der Waals surface area contributed by atoms with Gasteiger partial charge in [0.2, 0.25) is 0 Å². The van der Waals surface area contributed by atoms with Crippen LogP contribution in [0.4, 0.5) is 0 Å². The highest BCUT2D eigenvalue weighted by atomic mass is 35.5. The molecule has 1 aliphatic rings. The van der Waals surface area contributed by atoms with Gasteiger partial charge in [0.1, 0.15) is 5.75 Å². The number of likely N-dealkylation sites (tertiary alicyclic amines) is 1. The van der Waals surface area contributed by atoms with Crippen molar-refractivity contribution in [3.8, 4) is 5.75 Å². The Hall–Kier alpha value is -1.26. The van der Waals surface area contributed by atoms with Crippen LogP contribution < -0.4 is 4.74 Å². The molecule has 1 heterocycles. The maximum absolute atomic E-state index is 12.5. The first-order valence-corrected chi connectivity index (χ1v) is 9.04. The molecule has 0 spiro atoms. The van der Waals surface area contributed by atoms with Gasteiger partial charge in [0.25, 0.3) is 0 Å². The number of carbonyl (C=O) groups excluding carboxylic acids is 1. The Balaban J connectivity index is 0.00000312. The van der Waals surface area contributed by atoms with E-state index in [9.17, 15) is 4.79 Å². The molecule has 0 aromatic heterocycles. The number of benzene rings is 1. The van der Waals surface area contributed by atoms with E-state index in [-0.39, 0.29) is 24.5 Å². The van der Waals surface area contributed by atoms with Crippen molar-refractivity contribution in [1.29, 1.82) is 0 Å². The smallest absolute Gasteiger partial charge is 0.338 e. The van der Waals surface area contributed by atoms with Crippen molar-refractivity contribution in [1.82, 2.24) is 4.90 Å². The second-order valence-electron chi connectivity index (χ2n) is 7.31. The molecule has 0 radical (unpaired) electrons. The molecule has 25 heavy (non-hydrogen) atoms. The van der Waals surface area contributed by atoms with E-state index in [0.29, 0.717) is 18.1 Å². The van der Waals surface area contributed by atoms with Gasteiger partial charge in [-0.05, 0) is 76.9 Å². The number of nitrogens with zero attached hydrogens (tertiary/aromatic N) is 1. The molecule has 4 nitrogen and oxygen atoms in total. The summed E-state index contributed by atoms with van der Waals surface area (Å²) in [5, 5.41) is 0. The van der Waals surface area contributed by atoms with E-state index in [4.69, 9.17) is 9.47 Å². The molecule has 1 unspecified atom stereocenters. The van der Waals surface area contributed by atoms with Gasteiger partial charge < -0.3 is 14.4 Å². The third kappa shape index (κ3) is 6.52. The predicted octanol–water partition coefficient (Wildman–Crippen LogP) is 4.40. The Bertz CT molecular complexity index is 545. The molecule has 2 rings (SSSR count). The van der Waals surface area contributed by atoms with Gasteiger partial charge in [-0.1, -0.05) is 6.92 Å². The molecule has 1 aliphatic heterocycles. The second-order valence-corrected chi connectivity index (χ2v) is 7.31. The molecule has 0 aliphatic carbocycles. The Morgan fingerprint density at radius 3 is 2.20 bits per heavy atom. The molecule has 5 heteroatoms. The Labute approximate surface area is 158 Å². The fourth-order valence-electron chi connectivity index (χ4n) is 3.33. The summed E-state index contributed by atoms with van der Waals surface area (Å²) in [6.07, 6.45) is 2.69. The zero-order valence-electron chi connectivity index (χ0n) is 16.1. The van der Waals surface area contributed by atoms with Crippen LogP contribution in [0.2, 0.25) is 0 Å². The van der Waals surface area contributed by atoms with E-state index in [1.807, 2.05) is 39.8 Å². The molecule has 0 saturated carbocycles.